The first kappa shape index (κ1) is 8.26. The van der Waals surface area contributed by atoms with Gasteiger partial charge in [-0.2, -0.15) is 0 Å². The molecule has 1 atom stereocenters. The highest BCUT2D eigenvalue weighted by molar-refractivity contribution is 6.32. The molecule has 1 aromatic carbocycles. The number of halogens is 1. The second kappa shape index (κ2) is 2.85. The van der Waals surface area contributed by atoms with Crippen LogP contribution in [-0.2, 0) is 9.53 Å². The molecule has 1 aromatic rings. The molecule has 0 aromatic heterocycles. The van der Waals surface area contributed by atoms with Crippen molar-refractivity contribution < 1.29 is 14.3 Å². The molecule has 1 aliphatic heterocycles. The number of benzene rings is 1. The fourth-order valence-electron chi connectivity index (χ4n) is 1.23. The molecule has 0 bridgehead atoms. The van der Waals surface area contributed by atoms with E-state index in [0.717, 1.165) is 0 Å². The molecule has 4 heteroatoms. The highest BCUT2D eigenvalue weighted by Gasteiger charge is 2.32. The van der Waals surface area contributed by atoms with Crippen LogP contribution in [0, 0.1) is 0 Å². The summed E-state index contributed by atoms with van der Waals surface area (Å²) in [5.74, 6) is -1.33. The lowest BCUT2D eigenvalue weighted by atomic mass is 10.0. The van der Waals surface area contributed by atoms with Gasteiger partial charge in [0.1, 0.15) is 0 Å². The van der Waals surface area contributed by atoms with E-state index in [2.05, 4.69) is 4.74 Å². The largest absolute Gasteiger partial charge is 0.388 e. The first-order valence-electron chi connectivity index (χ1n) is 3.69. The Balaban J connectivity index is 2.60. The fourth-order valence-corrected chi connectivity index (χ4v) is 1.46. The maximum absolute atomic E-state index is 11.1. The summed E-state index contributed by atoms with van der Waals surface area (Å²) in [5.41, 5.74) is 0.882. The third-order valence-corrected chi connectivity index (χ3v) is 2.27. The SMILES string of the molecule is O=C1OC(=O)C(Cl)c2ccccc21. The van der Waals surface area contributed by atoms with Crippen molar-refractivity contribution in [2.24, 2.45) is 0 Å². The number of carbonyl (C=O) groups excluding carboxylic acids is 2. The minimum Gasteiger partial charge on any atom is -0.388 e. The number of rotatable bonds is 0. The highest BCUT2D eigenvalue weighted by atomic mass is 35.5. The van der Waals surface area contributed by atoms with E-state index in [0.29, 0.717) is 11.1 Å². The average molecular weight is 197 g/mol. The lowest BCUT2D eigenvalue weighted by Gasteiger charge is -2.17. The van der Waals surface area contributed by atoms with Gasteiger partial charge in [-0.1, -0.05) is 18.2 Å². The summed E-state index contributed by atoms with van der Waals surface area (Å²) >= 11 is 5.74. The van der Waals surface area contributed by atoms with Gasteiger partial charge >= 0.3 is 11.9 Å². The topological polar surface area (TPSA) is 43.4 Å². The summed E-state index contributed by atoms with van der Waals surface area (Å²) in [7, 11) is 0. The van der Waals surface area contributed by atoms with Gasteiger partial charge in [-0.05, 0) is 11.6 Å². The molecule has 1 heterocycles. The zero-order valence-electron chi connectivity index (χ0n) is 6.49. The summed E-state index contributed by atoms with van der Waals surface area (Å²) in [6.07, 6.45) is 0. The van der Waals surface area contributed by atoms with Crippen LogP contribution in [0.25, 0.3) is 0 Å². The number of alkyl halides is 1. The molecule has 0 aliphatic carbocycles. The Hall–Kier alpha value is -1.35. The van der Waals surface area contributed by atoms with E-state index in [1.54, 1.807) is 24.3 Å². The number of cyclic esters (lactones) is 2. The van der Waals surface area contributed by atoms with E-state index in [1.165, 1.54) is 0 Å². The number of hydrogen-bond acceptors (Lipinski definition) is 3. The highest BCUT2D eigenvalue weighted by Crippen LogP contribution is 2.30. The van der Waals surface area contributed by atoms with Gasteiger partial charge in [0.2, 0.25) is 0 Å². The Kier molecular flexibility index (Phi) is 1.81. The van der Waals surface area contributed by atoms with E-state index in [1.807, 2.05) is 0 Å². The smallest absolute Gasteiger partial charge is 0.346 e. The normalized spacial score (nSPS) is 20.8. The minimum atomic E-state index is -0.867. The van der Waals surface area contributed by atoms with Crippen LogP contribution in [0.3, 0.4) is 0 Å². The van der Waals surface area contributed by atoms with E-state index < -0.39 is 17.3 Å². The van der Waals surface area contributed by atoms with Crippen LogP contribution < -0.4 is 0 Å². The summed E-state index contributed by atoms with van der Waals surface area (Å²) in [5, 5.41) is -0.867. The molecule has 1 unspecified atom stereocenters. The van der Waals surface area contributed by atoms with Crippen molar-refractivity contribution in [3.05, 3.63) is 35.4 Å². The molecule has 3 nitrogen and oxygen atoms in total. The Morgan fingerprint density at radius 1 is 1.23 bits per heavy atom. The van der Waals surface area contributed by atoms with Crippen molar-refractivity contribution >= 4 is 23.5 Å². The summed E-state index contributed by atoms with van der Waals surface area (Å²) in [6, 6.07) is 6.64. The van der Waals surface area contributed by atoms with Crippen molar-refractivity contribution in [3.63, 3.8) is 0 Å². The first-order valence-corrected chi connectivity index (χ1v) is 4.13. The van der Waals surface area contributed by atoms with Crippen LogP contribution in [0.2, 0.25) is 0 Å². The standard InChI is InChI=1S/C9H5ClO3/c10-7-5-3-1-2-4-6(5)8(11)13-9(7)12/h1-4,7H. The predicted octanol–water partition coefficient (Wildman–Crippen LogP) is 1.66. The molecule has 0 N–H and O–H groups in total. The molecule has 13 heavy (non-hydrogen) atoms. The fraction of sp³-hybridized carbons (Fsp3) is 0.111. The molecular formula is C9H5ClO3. The van der Waals surface area contributed by atoms with Gasteiger partial charge < -0.3 is 4.74 Å². The Morgan fingerprint density at radius 2 is 1.92 bits per heavy atom. The Labute approximate surface area is 79.3 Å². The second-order valence-electron chi connectivity index (χ2n) is 2.66. The van der Waals surface area contributed by atoms with E-state index >= 15 is 0 Å². The zero-order valence-corrected chi connectivity index (χ0v) is 7.25. The lowest BCUT2D eigenvalue weighted by molar-refractivity contribution is -0.138. The van der Waals surface area contributed by atoms with E-state index in [9.17, 15) is 9.59 Å². The molecule has 0 saturated heterocycles. The predicted molar refractivity (Wildman–Crippen MR) is 45.5 cm³/mol. The number of carbonyl (C=O) groups is 2. The van der Waals surface area contributed by atoms with Crippen LogP contribution in [0.5, 0.6) is 0 Å². The van der Waals surface area contributed by atoms with Crippen molar-refractivity contribution in [2.45, 2.75) is 5.38 Å². The van der Waals surface area contributed by atoms with Gasteiger partial charge in [0.25, 0.3) is 0 Å². The lowest BCUT2D eigenvalue weighted by Crippen LogP contribution is -2.24. The van der Waals surface area contributed by atoms with Gasteiger partial charge in [-0.3, -0.25) is 0 Å². The van der Waals surface area contributed by atoms with Crippen LogP contribution in [0.4, 0.5) is 0 Å². The van der Waals surface area contributed by atoms with Crippen LogP contribution in [-0.4, -0.2) is 11.9 Å². The molecule has 0 spiro atoms. The number of fused-ring (bicyclic) bond motifs is 1. The molecule has 66 valence electrons. The third-order valence-electron chi connectivity index (χ3n) is 1.85. The average Bonchev–Trinajstić information content (AvgIpc) is 2.15. The second-order valence-corrected chi connectivity index (χ2v) is 3.09. The van der Waals surface area contributed by atoms with Crippen LogP contribution in [0.15, 0.2) is 24.3 Å². The van der Waals surface area contributed by atoms with Crippen molar-refractivity contribution in [1.82, 2.24) is 0 Å². The first-order chi connectivity index (χ1) is 6.20. The third kappa shape index (κ3) is 1.21. The van der Waals surface area contributed by atoms with Crippen LogP contribution in [0.1, 0.15) is 21.3 Å². The quantitative estimate of drug-likeness (QED) is 0.360. The number of hydrogen-bond donors (Lipinski definition) is 0. The van der Waals surface area contributed by atoms with Crippen molar-refractivity contribution in [1.29, 1.82) is 0 Å². The van der Waals surface area contributed by atoms with Gasteiger partial charge in [-0.25, -0.2) is 9.59 Å². The Morgan fingerprint density at radius 3 is 2.69 bits per heavy atom. The maximum Gasteiger partial charge on any atom is 0.346 e. The Bertz CT molecular complexity index is 386. The van der Waals surface area contributed by atoms with E-state index in [4.69, 9.17) is 11.6 Å². The number of ether oxygens (including phenoxy) is 1. The maximum atomic E-state index is 11.1. The van der Waals surface area contributed by atoms with Crippen molar-refractivity contribution in [3.8, 4) is 0 Å². The molecule has 0 fully saturated rings. The van der Waals surface area contributed by atoms with Gasteiger partial charge in [0.05, 0.1) is 5.56 Å². The monoisotopic (exact) mass is 196 g/mol. The number of esters is 2. The summed E-state index contributed by atoms with van der Waals surface area (Å²) in [4.78, 5) is 22.1. The van der Waals surface area contributed by atoms with Gasteiger partial charge in [-0.15, -0.1) is 11.6 Å². The summed E-state index contributed by atoms with van der Waals surface area (Å²) in [6.45, 7) is 0. The zero-order chi connectivity index (χ0) is 9.42. The molecular weight excluding hydrogens is 192 g/mol. The minimum absolute atomic E-state index is 0.363. The van der Waals surface area contributed by atoms with Crippen molar-refractivity contribution in [2.75, 3.05) is 0 Å². The molecule has 0 saturated carbocycles. The molecule has 2 rings (SSSR count). The molecule has 1 aliphatic rings. The molecule has 0 amide bonds. The molecule has 0 radical (unpaired) electrons. The summed E-state index contributed by atoms with van der Waals surface area (Å²) < 4.78 is 4.42. The van der Waals surface area contributed by atoms with Crippen LogP contribution >= 0.6 is 11.6 Å². The van der Waals surface area contributed by atoms with Gasteiger partial charge in [0.15, 0.2) is 5.38 Å². The van der Waals surface area contributed by atoms with E-state index in [-0.39, 0.29) is 0 Å². The van der Waals surface area contributed by atoms with Gasteiger partial charge in [0, 0.05) is 0 Å².